The van der Waals surface area contributed by atoms with Crippen LogP contribution in [0.25, 0.3) is 0 Å². The van der Waals surface area contributed by atoms with E-state index in [9.17, 15) is 9.59 Å². The number of carbonyl (C=O) groups is 2. The Hall–Kier alpha value is -1.39. The fourth-order valence-electron chi connectivity index (χ4n) is 0.974. The Labute approximate surface area is 117 Å². The molecular formula is C9H14N4O4S2. The van der Waals surface area contributed by atoms with E-state index >= 15 is 0 Å². The molecule has 0 aliphatic heterocycles. The van der Waals surface area contributed by atoms with Crippen LogP contribution in [0.15, 0.2) is 4.34 Å². The highest BCUT2D eigenvalue weighted by Gasteiger charge is 2.08. The van der Waals surface area contributed by atoms with E-state index in [1.54, 1.807) is 7.11 Å². The average molecular weight is 306 g/mol. The number of carbonyl (C=O) groups excluding carboxylic acids is 1. The first-order valence-electron chi connectivity index (χ1n) is 5.29. The molecule has 106 valence electrons. The minimum Gasteiger partial charge on any atom is -0.481 e. The van der Waals surface area contributed by atoms with Crippen molar-refractivity contribution >= 4 is 40.1 Å². The third-order valence-electron chi connectivity index (χ3n) is 1.75. The molecule has 0 fully saturated rings. The number of anilines is 1. The molecule has 0 saturated carbocycles. The van der Waals surface area contributed by atoms with Crippen LogP contribution in [-0.2, 0) is 14.3 Å². The number of hydrogen-bond donors (Lipinski definition) is 3. The predicted octanol–water partition coefficient (Wildman–Crippen LogP) is -0.111. The van der Waals surface area contributed by atoms with E-state index in [1.165, 1.54) is 11.3 Å². The number of amides is 1. The highest BCUT2D eigenvalue weighted by molar-refractivity contribution is 8.01. The van der Waals surface area contributed by atoms with E-state index in [0.29, 0.717) is 22.6 Å². The lowest BCUT2D eigenvalue weighted by Crippen LogP contribution is -2.32. The van der Waals surface area contributed by atoms with Gasteiger partial charge in [0.05, 0.1) is 18.9 Å². The quantitative estimate of drug-likeness (QED) is 0.428. The Balaban J connectivity index is 2.25. The molecule has 1 aromatic heterocycles. The van der Waals surface area contributed by atoms with Crippen LogP contribution in [0, 0.1) is 0 Å². The molecule has 10 heteroatoms. The summed E-state index contributed by atoms with van der Waals surface area (Å²) in [7, 11) is 1.56. The lowest BCUT2D eigenvalue weighted by Gasteiger charge is -2.04. The summed E-state index contributed by atoms with van der Waals surface area (Å²) in [4.78, 5) is 21.7. The molecule has 0 aliphatic rings. The third kappa shape index (κ3) is 6.94. The number of methoxy groups -OCH3 is 1. The zero-order chi connectivity index (χ0) is 14.1. The van der Waals surface area contributed by atoms with Gasteiger partial charge in [-0.05, 0) is 0 Å². The van der Waals surface area contributed by atoms with Crippen molar-refractivity contribution in [1.29, 1.82) is 0 Å². The number of thioether (sulfide) groups is 1. The summed E-state index contributed by atoms with van der Waals surface area (Å²) < 4.78 is 5.34. The van der Waals surface area contributed by atoms with Gasteiger partial charge < -0.3 is 20.5 Å². The first-order chi connectivity index (χ1) is 9.11. The Morgan fingerprint density at radius 3 is 2.95 bits per heavy atom. The van der Waals surface area contributed by atoms with Crippen molar-refractivity contribution in [3.63, 3.8) is 0 Å². The fourth-order valence-corrected chi connectivity index (χ4v) is 2.44. The number of ether oxygens (including phenoxy) is 1. The number of carboxylic acid groups (broad SMARTS) is 1. The number of carboxylic acids is 1. The Kier molecular flexibility index (Phi) is 7.15. The first-order valence-corrected chi connectivity index (χ1v) is 7.09. The maximum atomic E-state index is 11.4. The van der Waals surface area contributed by atoms with E-state index in [2.05, 4.69) is 20.8 Å². The molecule has 0 atom stereocenters. The van der Waals surface area contributed by atoms with Gasteiger partial charge in [0.15, 0.2) is 4.34 Å². The van der Waals surface area contributed by atoms with Gasteiger partial charge in [0.1, 0.15) is 0 Å². The van der Waals surface area contributed by atoms with Crippen LogP contribution in [0.4, 0.5) is 5.13 Å². The third-order valence-corrected chi connectivity index (χ3v) is 3.75. The SMILES string of the molecule is COCCNC(=O)CNc1nnc(SCC(=O)O)s1. The first kappa shape index (κ1) is 15.7. The zero-order valence-corrected chi connectivity index (χ0v) is 11.8. The van der Waals surface area contributed by atoms with E-state index in [4.69, 9.17) is 9.84 Å². The normalized spacial score (nSPS) is 10.2. The van der Waals surface area contributed by atoms with Crippen LogP contribution in [0.3, 0.4) is 0 Å². The number of rotatable bonds is 9. The second-order valence-electron chi connectivity index (χ2n) is 3.25. The summed E-state index contributed by atoms with van der Waals surface area (Å²) in [6, 6.07) is 0. The maximum Gasteiger partial charge on any atom is 0.313 e. The molecule has 0 bridgehead atoms. The minimum atomic E-state index is -0.910. The largest absolute Gasteiger partial charge is 0.481 e. The highest BCUT2D eigenvalue weighted by Crippen LogP contribution is 2.24. The second-order valence-corrected chi connectivity index (χ2v) is 5.45. The van der Waals surface area contributed by atoms with Crippen molar-refractivity contribution in [1.82, 2.24) is 15.5 Å². The standard InChI is InChI=1S/C9H14N4O4S2/c1-17-3-2-10-6(14)4-11-8-12-13-9(19-8)18-5-7(15)16/h2-5H2,1H3,(H,10,14)(H,11,12)(H,15,16). The number of aliphatic carboxylic acids is 1. The molecule has 0 spiro atoms. The molecule has 0 unspecified atom stereocenters. The van der Waals surface area contributed by atoms with Gasteiger partial charge in [0.2, 0.25) is 11.0 Å². The van der Waals surface area contributed by atoms with Gasteiger partial charge in [-0.15, -0.1) is 10.2 Å². The summed E-state index contributed by atoms with van der Waals surface area (Å²) in [5.41, 5.74) is 0. The summed E-state index contributed by atoms with van der Waals surface area (Å²) >= 11 is 2.30. The highest BCUT2D eigenvalue weighted by atomic mass is 32.2. The van der Waals surface area contributed by atoms with Crippen molar-refractivity contribution in [2.45, 2.75) is 4.34 Å². The maximum absolute atomic E-state index is 11.4. The van der Waals surface area contributed by atoms with Crippen LogP contribution in [-0.4, -0.2) is 59.7 Å². The molecule has 8 nitrogen and oxygen atoms in total. The summed E-state index contributed by atoms with van der Waals surface area (Å²) in [5.74, 6) is -1.15. The average Bonchev–Trinajstić information content (AvgIpc) is 2.82. The van der Waals surface area contributed by atoms with Crippen LogP contribution in [0.5, 0.6) is 0 Å². The molecule has 0 saturated heterocycles. The smallest absolute Gasteiger partial charge is 0.313 e. The molecule has 3 N–H and O–H groups in total. The van der Waals surface area contributed by atoms with Crippen molar-refractivity contribution in [2.24, 2.45) is 0 Å². The van der Waals surface area contributed by atoms with Crippen molar-refractivity contribution < 1.29 is 19.4 Å². The summed E-state index contributed by atoms with van der Waals surface area (Å²) in [5, 5.41) is 22.1. The molecule has 0 radical (unpaired) electrons. The van der Waals surface area contributed by atoms with Gasteiger partial charge >= 0.3 is 5.97 Å². The molecular weight excluding hydrogens is 292 g/mol. The molecule has 1 heterocycles. The summed E-state index contributed by atoms with van der Waals surface area (Å²) in [6.45, 7) is 0.995. The number of nitrogens with one attached hydrogen (secondary N) is 2. The van der Waals surface area contributed by atoms with Gasteiger partial charge in [0, 0.05) is 13.7 Å². The molecule has 0 aliphatic carbocycles. The van der Waals surface area contributed by atoms with Crippen molar-refractivity contribution in [3.05, 3.63) is 0 Å². The van der Waals surface area contributed by atoms with Gasteiger partial charge in [0.25, 0.3) is 0 Å². The van der Waals surface area contributed by atoms with Crippen molar-refractivity contribution in [2.75, 3.05) is 37.9 Å². The number of nitrogens with zero attached hydrogens (tertiary/aromatic N) is 2. The Morgan fingerprint density at radius 1 is 1.47 bits per heavy atom. The molecule has 1 rings (SSSR count). The number of hydrogen-bond acceptors (Lipinski definition) is 8. The van der Waals surface area contributed by atoms with Crippen LogP contribution >= 0.6 is 23.1 Å². The fraction of sp³-hybridized carbons (Fsp3) is 0.556. The molecule has 1 amide bonds. The van der Waals surface area contributed by atoms with Crippen LogP contribution in [0.2, 0.25) is 0 Å². The topological polar surface area (TPSA) is 113 Å². The summed E-state index contributed by atoms with van der Waals surface area (Å²) in [6.07, 6.45) is 0. The second kappa shape index (κ2) is 8.67. The van der Waals surface area contributed by atoms with Gasteiger partial charge in [-0.1, -0.05) is 23.1 Å². The molecule has 0 aromatic carbocycles. The van der Waals surface area contributed by atoms with Crippen LogP contribution in [0.1, 0.15) is 0 Å². The van der Waals surface area contributed by atoms with Crippen molar-refractivity contribution in [3.8, 4) is 0 Å². The van der Waals surface area contributed by atoms with Gasteiger partial charge in [-0.3, -0.25) is 9.59 Å². The minimum absolute atomic E-state index is 0.0634. The van der Waals surface area contributed by atoms with E-state index in [-0.39, 0.29) is 18.2 Å². The van der Waals surface area contributed by atoms with Gasteiger partial charge in [-0.2, -0.15) is 0 Å². The predicted molar refractivity (Wildman–Crippen MR) is 71.6 cm³/mol. The molecule has 1 aromatic rings. The Morgan fingerprint density at radius 2 is 2.26 bits per heavy atom. The van der Waals surface area contributed by atoms with E-state index in [1.807, 2.05) is 0 Å². The Bertz CT molecular complexity index is 426. The monoisotopic (exact) mass is 306 g/mol. The lowest BCUT2D eigenvalue weighted by molar-refractivity contribution is -0.133. The van der Waals surface area contributed by atoms with E-state index < -0.39 is 5.97 Å². The lowest BCUT2D eigenvalue weighted by atomic mass is 10.5. The van der Waals surface area contributed by atoms with Crippen LogP contribution < -0.4 is 10.6 Å². The number of aromatic nitrogens is 2. The van der Waals surface area contributed by atoms with Gasteiger partial charge in [-0.25, -0.2) is 0 Å². The molecule has 19 heavy (non-hydrogen) atoms. The van der Waals surface area contributed by atoms with E-state index in [0.717, 1.165) is 11.8 Å². The zero-order valence-electron chi connectivity index (χ0n) is 10.2.